The fourth-order valence-corrected chi connectivity index (χ4v) is 0.738. The minimum absolute atomic E-state index is 0.00287. The number of rotatable bonds is 1. The van der Waals surface area contributed by atoms with Gasteiger partial charge in [-0.2, -0.15) is 5.26 Å². The Balaban J connectivity index is 3.25. The van der Waals surface area contributed by atoms with Crippen LogP contribution in [0.3, 0.4) is 0 Å². The maximum absolute atomic E-state index is 10.2. The number of hydrogen-bond acceptors (Lipinski definition) is 3. The molecule has 1 rings (SSSR count). The monoisotopic (exact) mass is 162 g/mol. The van der Waals surface area contributed by atoms with Crippen molar-refractivity contribution in [3.8, 4) is 6.07 Å². The minimum atomic E-state index is -0.597. The highest BCUT2D eigenvalue weighted by molar-refractivity contribution is 5.56. The number of nitrogens with zero attached hydrogens (tertiary/aromatic N) is 2. The number of hydrogen-bond donors (Lipinski definition) is 0. The van der Waals surface area contributed by atoms with Crippen LogP contribution >= 0.6 is 0 Å². The number of non-ortho nitro benzene ring substituents is 1. The second-order valence-electron chi connectivity index (χ2n) is 2.10. The minimum Gasteiger partial charge on any atom is -0.300 e. The van der Waals surface area contributed by atoms with Gasteiger partial charge in [0, 0.05) is 12.1 Å². The van der Waals surface area contributed by atoms with Gasteiger partial charge in [-0.15, -0.1) is 0 Å². The molecular formula is C7H4N3O2. The molecule has 0 atom stereocenters. The van der Waals surface area contributed by atoms with Crippen LogP contribution in [0, 0.1) is 21.4 Å². The highest BCUT2D eigenvalue weighted by Crippen LogP contribution is 2.19. The van der Waals surface area contributed by atoms with Crippen LogP contribution in [0.25, 0.3) is 0 Å². The lowest BCUT2D eigenvalue weighted by atomic mass is 10.2. The zero-order valence-electron chi connectivity index (χ0n) is 5.94. The molecule has 1 aromatic rings. The van der Waals surface area contributed by atoms with Gasteiger partial charge in [0.2, 0.25) is 0 Å². The molecule has 0 aliphatic rings. The third-order valence-electron chi connectivity index (χ3n) is 1.33. The number of nitriles is 1. The molecule has 0 unspecified atom stereocenters. The molecule has 5 heteroatoms. The average Bonchev–Trinajstić information content (AvgIpc) is 2.05. The van der Waals surface area contributed by atoms with E-state index in [-0.39, 0.29) is 16.9 Å². The summed E-state index contributed by atoms with van der Waals surface area (Å²) in [5.41, 5.74) is 7.02. The largest absolute Gasteiger partial charge is 0.300 e. The van der Waals surface area contributed by atoms with Crippen LogP contribution < -0.4 is 5.73 Å². The van der Waals surface area contributed by atoms with E-state index >= 15 is 0 Å². The summed E-state index contributed by atoms with van der Waals surface area (Å²) < 4.78 is 0. The summed E-state index contributed by atoms with van der Waals surface area (Å²) in [4.78, 5) is 9.62. The molecule has 0 saturated carbocycles. The normalized spacial score (nSPS) is 8.92. The van der Waals surface area contributed by atoms with Gasteiger partial charge in [0.05, 0.1) is 16.2 Å². The fourth-order valence-electron chi connectivity index (χ4n) is 0.738. The third-order valence-corrected chi connectivity index (χ3v) is 1.33. The Morgan fingerprint density at radius 2 is 2.25 bits per heavy atom. The van der Waals surface area contributed by atoms with Gasteiger partial charge in [-0.3, -0.25) is 15.8 Å². The van der Waals surface area contributed by atoms with Gasteiger partial charge in [0.1, 0.15) is 6.07 Å². The quantitative estimate of drug-likeness (QED) is 0.461. The van der Waals surface area contributed by atoms with Crippen LogP contribution in [0.5, 0.6) is 0 Å². The molecule has 12 heavy (non-hydrogen) atoms. The van der Waals surface area contributed by atoms with E-state index in [4.69, 9.17) is 11.0 Å². The van der Waals surface area contributed by atoms with Gasteiger partial charge in [-0.1, -0.05) is 0 Å². The van der Waals surface area contributed by atoms with E-state index < -0.39 is 4.92 Å². The first-order chi connectivity index (χ1) is 5.65. The topological polar surface area (TPSA) is 90.7 Å². The molecule has 1 N–H and O–H groups in total. The van der Waals surface area contributed by atoms with E-state index in [0.29, 0.717) is 0 Å². The molecule has 0 spiro atoms. The van der Waals surface area contributed by atoms with Crippen LogP contribution in [-0.2, 0) is 0 Å². The number of nitro groups is 1. The predicted octanol–water partition coefficient (Wildman–Crippen LogP) is 1.38. The summed E-state index contributed by atoms with van der Waals surface area (Å²) in [5, 5.41) is 18.6. The van der Waals surface area contributed by atoms with E-state index in [9.17, 15) is 10.1 Å². The van der Waals surface area contributed by atoms with Gasteiger partial charge in [0.25, 0.3) is 5.69 Å². The molecule has 5 nitrogen and oxygen atoms in total. The van der Waals surface area contributed by atoms with Crippen molar-refractivity contribution in [2.75, 3.05) is 0 Å². The number of nitrogens with one attached hydrogen (secondary N) is 1. The summed E-state index contributed by atoms with van der Waals surface area (Å²) >= 11 is 0. The van der Waals surface area contributed by atoms with E-state index in [1.807, 2.05) is 0 Å². The van der Waals surface area contributed by atoms with Crippen molar-refractivity contribution in [2.45, 2.75) is 0 Å². The highest BCUT2D eigenvalue weighted by Gasteiger charge is 2.08. The van der Waals surface area contributed by atoms with Gasteiger partial charge in [-0.05, 0) is 6.07 Å². The molecule has 0 fully saturated rings. The lowest BCUT2D eigenvalue weighted by Gasteiger charge is -1.94. The molecular weight excluding hydrogens is 158 g/mol. The second-order valence-corrected chi connectivity index (χ2v) is 2.10. The van der Waals surface area contributed by atoms with Gasteiger partial charge < -0.3 is 0 Å². The summed E-state index contributed by atoms with van der Waals surface area (Å²) in [5.74, 6) is 0. The first-order valence-corrected chi connectivity index (χ1v) is 3.05. The van der Waals surface area contributed by atoms with Gasteiger partial charge >= 0.3 is 0 Å². The SMILES string of the molecule is N#Cc1cc([N+](=O)[O-])ccc1[NH]. The molecule has 59 valence electrons. The van der Waals surface area contributed by atoms with Crippen LogP contribution in [0.2, 0.25) is 0 Å². The zero-order valence-corrected chi connectivity index (χ0v) is 5.94. The number of benzene rings is 1. The Kier molecular flexibility index (Phi) is 1.92. The first kappa shape index (κ1) is 8.01. The molecule has 0 heterocycles. The maximum atomic E-state index is 10.2. The van der Waals surface area contributed by atoms with Gasteiger partial charge in [-0.25, -0.2) is 0 Å². The lowest BCUT2D eigenvalue weighted by molar-refractivity contribution is -0.384. The summed E-state index contributed by atoms with van der Waals surface area (Å²) in [6.07, 6.45) is 0. The molecule has 1 radical (unpaired) electrons. The zero-order chi connectivity index (χ0) is 9.14. The van der Waals surface area contributed by atoms with E-state index in [1.165, 1.54) is 12.1 Å². The van der Waals surface area contributed by atoms with E-state index in [2.05, 4.69) is 0 Å². The summed E-state index contributed by atoms with van der Waals surface area (Å²) in [7, 11) is 0. The van der Waals surface area contributed by atoms with Crippen molar-refractivity contribution in [2.24, 2.45) is 0 Å². The van der Waals surface area contributed by atoms with Crippen molar-refractivity contribution in [3.05, 3.63) is 33.9 Å². The Labute approximate surface area is 68.2 Å². The van der Waals surface area contributed by atoms with E-state index in [0.717, 1.165) is 6.07 Å². The van der Waals surface area contributed by atoms with E-state index in [1.54, 1.807) is 6.07 Å². The standard InChI is InChI=1S/C7H4N3O2/c8-4-5-3-6(10(11)12)1-2-7(5)9/h1-3,9H. The molecule has 1 aromatic carbocycles. The Hall–Kier alpha value is -2.09. The maximum Gasteiger partial charge on any atom is 0.270 e. The van der Waals surface area contributed by atoms with Crippen molar-refractivity contribution < 1.29 is 4.92 Å². The number of nitro benzene ring substituents is 1. The van der Waals surface area contributed by atoms with Crippen molar-refractivity contribution in [1.82, 2.24) is 5.73 Å². The fraction of sp³-hybridized carbons (Fsp3) is 0. The molecule has 0 saturated heterocycles. The predicted molar refractivity (Wildman–Crippen MR) is 40.6 cm³/mol. The Bertz CT molecular complexity index is 367. The van der Waals surface area contributed by atoms with Crippen LogP contribution in [0.15, 0.2) is 18.2 Å². The Morgan fingerprint density at radius 3 is 2.75 bits per heavy atom. The van der Waals surface area contributed by atoms with Gasteiger partial charge in [0.15, 0.2) is 0 Å². The van der Waals surface area contributed by atoms with Crippen molar-refractivity contribution in [3.63, 3.8) is 0 Å². The molecule has 0 aromatic heterocycles. The molecule has 0 bridgehead atoms. The lowest BCUT2D eigenvalue weighted by Crippen LogP contribution is -1.89. The van der Waals surface area contributed by atoms with Crippen molar-refractivity contribution in [1.29, 1.82) is 5.26 Å². The summed E-state index contributed by atoms with van der Waals surface area (Å²) in [6, 6.07) is 5.21. The second kappa shape index (κ2) is 2.88. The molecule has 0 aliphatic carbocycles. The average molecular weight is 162 g/mol. The molecule has 0 aliphatic heterocycles. The Morgan fingerprint density at radius 1 is 1.58 bits per heavy atom. The van der Waals surface area contributed by atoms with Crippen LogP contribution in [-0.4, -0.2) is 4.92 Å². The van der Waals surface area contributed by atoms with Crippen LogP contribution in [0.1, 0.15) is 5.56 Å². The highest BCUT2D eigenvalue weighted by atomic mass is 16.6. The smallest absolute Gasteiger partial charge is 0.270 e. The summed E-state index contributed by atoms with van der Waals surface area (Å²) in [6.45, 7) is 0. The third kappa shape index (κ3) is 1.32. The van der Waals surface area contributed by atoms with Crippen molar-refractivity contribution >= 4 is 11.4 Å². The molecule has 0 amide bonds. The first-order valence-electron chi connectivity index (χ1n) is 3.05. The van der Waals surface area contributed by atoms with Crippen LogP contribution in [0.4, 0.5) is 11.4 Å².